The first-order chi connectivity index (χ1) is 9.88. The Morgan fingerprint density at radius 1 is 1.38 bits per heavy atom. The fraction of sp³-hybridized carbons (Fsp3) is 0.500. The molecule has 1 rings (SSSR count). The summed E-state index contributed by atoms with van der Waals surface area (Å²) >= 11 is 5.73. The number of carbonyl (C=O) groups is 1. The van der Waals surface area contributed by atoms with Crippen molar-refractivity contribution >= 4 is 27.5 Å². The van der Waals surface area contributed by atoms with Crippen LogP contribution in [0.5, 0.6) is 0 Å². The monoisotopic (exact) mass is 332 g/mol. The van der Waals surface area contributed by atoms with Gasteiger partial charge in [0.05, 0.1) is 6.26 Å². The molecule has 1 aromatic carbocycles. The first kappa shape index (κ1) is 17.9. The Kier molecular flexibility index (Phi) is 7.14. The molecule has 0 saturated heterocycles. The van der Waals surface area contributed by atoms with Gasteiger partial charge in [-0.1, -0.05) is 19.1 Å². The van der Waals surface area contributed by atoms with Crippen molar-refractivity contribution in [3.8, 4) is 0 Å². The van der Waals surface area contributed by atoms with Crippen LogP contribution in [0.1, 0.15) is 29.3 Å². The Morgan fingerprint density at radius 2 is 2.10 bits per heavy atom. The lowest BCUT2D eigenvalue weighted by Crippen LogP contribution is -2.33. The molecule has 0 aliphatic carbocycles. The van der Waals surface area contributed by atoms with Crippen LogP contribution in [0.15, 0.2) is 24.3 Å². The molecule has 7 heteroatoms. The number of carbonyl (C=O) groups excluding carboxylic acids is 1. The quantitative estimate of drug-likeness (QED) is 0.583. The van der Waals surface area contributed by atoms with Crippen molar-refractivity contribution in [1.82, 2.24) is 9.62 Å². The van der Waals surface area contributed by atoms with E-state index in [-0.39, 0.29) is 5.91 Å². The molecule has 21 heavy (non-hydrogen) atoms. The van der Waals surface area contributed by atoms with E-state index in [1.54, 1.807) is 25.1 Å². The van der Waals surface area contributed by atoms with Crippen molar-refractivity contribution in [2.75, 3.05) is 25.9 Å². The summed E-state index contributed by atoms with van der Waals surface area (Å²) < 4.78 is 24.2. The van der Waals surface area contributed by atoms with Gasteiger partial charge < -0.3 is 5.32 Å². The van der Waals surface area contributed by atoms with Crippen molar-refractivity contribution in [1.29, 1.82) is 0 Å². The van der Waals surface area contributed by atoms with E-state index >= 15 is 0 Å². The van der Waals surface area contributed by atoms with E-state index in [9.17, 15) is 13.2 Å². The van der Waals surface area contributed by atoms with Crippen LogP contribution in [-0.2, 0) is 15.9 Å². The summed E-state index contributed by atoms with van der Waals surface area (Å²) in [5, 5.41) is 2.78. The lowest BCUT2D eigenvalue weighted by Gasteiger charge is -2.17. The molecule has 1 amide bonds. The third kappa shape index (κ3) is 6.03. The lowest BCUT2D eigenvalue weighted by atomic mass is 10.1. The standard InChI is InChI=1S/C14H21ClN2O3S/c1-3-17(21(2,19)20)9-5-8-16-14(18)13-7-4-6-12(10-13)11-15/h4,6-7,10H,3,5,8-9,11H2,1-2H3,(H,16,18). The maximum Gasteiger partial charge on any atom is 0.251 e. The van der Waals surface area contributed by atoms with Gasteiger partial charge in [-0.25, -0.2) is 12.7 Å². The van der Waals surface area contributed by atoms with Crippen molar-refractivity contribution < 1.29 is 13.2 Å². The number of hydrogen-bond acceptors (Lipinski definition) is 3. The molecular formula is C14H21ClN2O3S. The Bertz CT molecular complexity index is 575. The molecule has 0 radical (unpaired) electrons. The molecule has 118 valence electrons. The van der Waals surface area contributed by atoms with Crippen LogP contribution < -0.4 is 5.32 Å². The molecule has 5 nitrogen and oxygen atoms in total. The summed E-state index contributed by atoms with van der Waals surface area (Å²) in [6, 6.07) is 7.11. The summed E-state index contributed by atoms with van der Waals surface area (Å²) in [6.07, 6.45) is 1.76. The van der Waals surface area contributed by atoms with E-state index in [0.29, 0.717) is 37.5 Å². The predicted octanol–water partition coefficient (Wildman–Crippen LogP) is 1.83. The average Bonchev–Trinajstić information content (AvgIpc) is 2.45. The van der Waals surface area contributed by atoms with E-state index in [4.69, 9.17) is 11.6 Å². The minimum atomic E-state index is -3.17. The molecule has 0 aliphatic heterocycles. The molecule has 0 heterocycles. The van der Waals surface area contributed by atoms with E-state index in [1.165, 1.54) is 10.6 Å². The number of alkyl halides is 1. The SMILES string of the molecule is CCN(CCCNC(=O)c1cccc(CCl)c1)S(C)(=O)=O. The third-order valence-corrected chi connectivity index (χ3v) is 4.72. The Hall–Kier alpha value is -1.11. The van der Waals surface area contributed by atoms with Crippen LogP contribution in [-0.4, -0.2) is 44.5 Å². The van der Waals surface area contributed by atoms with Crippen molar-refractivity contribution in [3.05, 3.63) is 35.4 Å². The summed E-state index contributed by atoms with van der Waals surface area (Å²) in [5.74, 6) is 0.186. The number of halogens is 1. The van der Waals surface area contributed by atoms with Gasteiger partial charge in [-0.05, 0) is 24.1 Å². The van der Waals surface area contributed by atoms with E-state index in [2.05, 4.69) is 5.32 Å². The van der Waals surface area contributed by atoms with E-state index < -0.39 is 10.0 Å². The number of sulfonamides is 1. The first-order valence-corrected chi connectivity index (χ1v) is 9.15. The van der Waals surface area contributed by atoms with Gasteiger partial charge in [0.15, 0.2) is 0 Å². The maximum atomic E-state index is 11.9. The molecule has 0 spiro atoms. The van der Waals surface area contributed by atoms with Gasteiger partial charge in [-0.2, -0.15) is 0 Å². The fourth-order valence-electron chi connectivity index (χ4n) is 1.91. The van der Waals surface area contributed by atoms with Crippen molar-refractivity contribution in [2.45, 2.75) is 19.2 Å². The van der Waals surface area contributed by atoms with Crippen molar-refractivity contribution in [2.24, 2.45) is 0 Å². The zero-order chi connectivity index (χ0) is 15.9. The number of benzene rings is 1. The second kappa shape index (κ2) is 8.36. The minimum Gasteiger partial charge on any atom is -0.352 e. The van der Waals surface area contributed by atoms with Crippen molar-refractivity contribution in [3.63, 3.8) is 0 Å². The van der Waals surface area contributed by atoms with Gasteiger partial charge in [0.2, 0.25) is 10.0 Å². The van der Waals surface area contributed by atoms with Gasteiger partial charge in [-0.3, -0.25) is 4.79 Å². The van der Waals surface area contributed by atoms with Crippen LogP contribution >= 0.6 is 11.6 Å². The highest BCUT2D eigenvalue weighted by molar-refractivity contribution is 7.88. The molecule has 1 N–H and O–H groups in total. The number of nitrogens with one attached hydrogen (secondary N) is 1. The topological polar surface area (TPSA) is 66.5 Å². The molecule has 0 bridgehead atoms. The highest BCUT2D eigenvalue weighted by atomic mass is 35.5. The molecular weight excluding hydrogens is 312 g/mol. The molecule has 0 aromatic heterocycles. The number of nitrogens with zero attached hydrogens (tertiary/aromatic N) is 1. The molecule has 0 unspecified atom stereocenters. The maximum absolute atomic E-state index is 11.9. The van der Waals surface area contributed by atoms with Gasteiger partial charge in [0.1, 0.15) is 0 Å². The average molecular weight is 333 g/mol. The zero-order valence-electron chi connectivity index (χ0n) is 12.3. The summed E-state index contributed by atoms with van der Waals surface area (Å²) in [6.45, 7) is 3.05. The van der Waals surface area contributed by atoms with Gasteiger partial charge >= 0.3 is 0 Å². The second-order valence-corrected chi connectivity index (χ2v) is 6.95. The zero-order valence-corrected chi connectivity index (χ0v) is 13.9. The fourth-order valence-corrected chi connectivity index (χ4v) is 3.01. The molecule has 1 aromatic rings. The largest absolute Gasteiger partial charge is 0.352 e. The normalized spacial score (nSPS) is 11.6. The summed E-state index contributed by atoms with van der Waals surface area (Å²) in [5.41, 5.74) is 1.45. The lowest BCUT2D eigenvalue weighted by molar-refractivity contribution is 0.0952. The highest BCUT2D eigenvalue weighted by Crippen LogP contribution is 2.07. The minimum absolute atomic E-state index is 0.177. The van der Waals surface area contributed by atoms with Crippen LogP contribution in [0, 0.1) is 0 Å². The molecule has 0 fully saturated rings. The Balaban J connectivity index is 2.43. The number of hydrogen-bond donors (Lipinski definition) is 1. The summed E-state index contributed by atoms with van der Waals surface area (Å²) in [7, 11) is -3.17. The Labute approximate surface area is 131 Å². The predicted molar refractivity (Wildman–Crippen MR) is 85.0 cm³/mol. The van der Waals surface area contributed by atoms with Gasteiger partial charge in [0, 0.05) is 31.1 Å². The summed E-state index contributed by atoms with van der Waals surface area (Å²) in [4.78, 5) is 11.9. The molecule has 0 saturated carbocycles. The van der Waals surface area contributed by atoms with Crippen LogP contribution in [0.3, 0.4) is 0 Å². The van der Waals surface area contributed by atoms with E-state index in [0.717, 1.165) is 5.56 Å². The Morgan fingerprint density at radius 3 is 2.67 bits per heavy atom. The van der Waals surface area contributed by atoms with Gasteiger partial charge in [0.25, 0.3) is 5.91 Å². The molecule has 0 aliphatic rings. The number of rotatable bonds is 8. The van der Waals surface area contributed by atoms with Crippen LogP contribution in [0.2, 0.25) is 0 Å². The number of amides is 1. The smallest absolute Gasteiger partial charge is 0.251 e. The second-order valence-electron chi connectivity index (χ2n) is 4.70. The van der Waals surface area contributed by atoms with Crippen LogP contribution in [0.4, 0.5) is 0 Å². The van der Waals surface area contributed by atoms with E-state index in [1.807, 2.05) is 6.07 Å². The highest BCUT2D eigenvalue weighted by Gasteiger charge is 2.13. The molecule has 0 atom stereocenters. The first-order valence-electron chi connectivity index (χ1n) is 6.76. The third-order valence-electron chi connectivity index (χ3n) is 3.04. The van der Waals surface area contributed by atoms with Crippen LogP contribution in [0.25, 0.3) is 0 Å². The van der Waals surface area contributed by atoms with Gasteiger partial charge in [-0.15, -0.1) is 11.6 Å².